The molecule has 3 heterocycles. The Morgan fingerprint density at radius 1 is 1.42 bits per heavy atom. The SMILES string of the molecule is NC(=O)C(F)(F)C1(O)CCN(C(=O)CCc2ccc3c(n2)NCCC3)C1. The summed E-state index contributed by atoms with van der Waals surface area (Å²) >= 11 is 0. The molecule has 26 heavy (non-hydrogen) atoms. The molecule has 4 N–H and O–H groups in total. The van der Waals surface area contributed by atoms with E-state index in [1.54, 1.807) is 0 Å². The Balaban J connectivity index is 1.59. The number of likely N-dealkylation sites (tertiary alicyclic amines) is 1. The lowest BCUT2D eigenvalue weighted by Crippen LogP contribution is -2.57. The molecule has 1 aromatic heterocycles. The van der Waals surface area contributed by atoms with Gasteiger partial charge in [0.05, 0.1) is 6.54 Å². The minimum Gasteiger partial charge on any atom is -0.381 e. The van der Waals surface area contributed by atoms with E-state index in [4.69, 9.17) is 0 Å². The molecule has 2 aliphatic heterocycles. The molecule has 0 bridgehead atoms. The third kappa shape index (κ3) is 3.35. The Morgan fingerprint density at radius 3 is 2.92 bits per heavy atom. The number of nitrogens with two attached hydrogens (primary N) is 1. The average Bonchev–Trinajstić information content (AvgIpc) is 3.03. The molecule has 1 atom stereocenters. The summed E-state index contributed by atoms with van der Waals surface area (Å²) in [7, 11) is 0. The Morgan fingerprint density at radius 2 is 2.19 bits per heavy atom. The Hall–Kier alpha value is -2.29. The van der Waals surface area contributed by atoms with Crippen LogP contribution in [0.25, 0.3) is 0 Å². The van der Waals surface area contributed by atoms with E-state index in [9.17, 15) is 23.5 Å². The number of carbonyl (C=O) groups is 2. The van der Waals surface area contributed by atoms with Crippen molar-refractivity contribution in [3.8, 4) is 0 Å². The number of fused-ring (bicyclic) bond motifs is 1. The highest BCUT2D eigenvalue weighted by molar-refractivity contribution is 5.84. The zero-order chi connectivity index (χ0) is 18.9. The van der Waals surface area contributed by atoms with Crippen LogP contribution in [-0.4, -0.2) is 58.0 Å². The molecule has 9 heteroatoms. The van der Waals surface area contributed by atoms with Crippen LogP contribution in [0.15, 0.2) is 12.1 Å². The summed E-state index contributed by atoms with van der Waals surface area (Å²) < 4.78 is 27.6. The Labute approximate surface area is 149 Å². The summed E-state index contributed by atoms with van der Waals surface area (Å²) in [6.45, 7) is 0.209. The van der Waals surface area contributed by atoms with Crippen LogP contribution in [0.4, 0.5) is 14.6 Å². The fourth-order valence-corrected chi connectivity index (χ4v) is 3.39. The average molecular weight is 368 g/mol. The van der Waals surface area contributed by atoms with E-state index in [0.29, 0.717) is 6.42 Å². The number of nitrogens with one attached hydrogen (secondary N) is 1. The second kappa shape index (κ2) is 6.79. The molecule has 2 amide bonds. The van der Waals surface area contributed by atoms with E-state index in [1.165, 1.54) is 0 Å². The first kappa shape index (κ1) is 18.5. The number of amides is 2. The van der Waals surface area contributed by atoms with Crippen molar-refractivity contribution in [1.29, 1.82) is 0 Å². The zero-order valence-corrected chi connectivity index (χ0v) is 14.3. The summed E-state index contributed by atoms with van der Waals surface area (Å²) in [4.78, 5) is 28.9. The molecular weight excluding hydrogens is 346 g/mol. The van der Waals surface area contributed by atoms with Crippen molar-refractivity contribution in [3.05, 3.63) is 23.4 Å². The standard InChI is InChI=1S/C17H22F2N4O3/c18-17(19,15(20)25)16(26)7-9-23(10-16)13(24)6-5-12-4-3-11-2-1-8-21-14(11)22-12/h3-4,26H,1-2,5-10H2,(H2,20,25)(H,21,22). The quantitative estimate of drug-likeness (QED) is 0.700. The van der Waals surface area contributed by atoms with Gasteiger partial charge in [0.1, 0.15) is 5.82 Å². The van der Waals surface area contributed by atoms with E-state index in [0.717, 1.165) is 41.4 Å². The number of halogens is 2. The van der Waals surface area contributed by atoms with Crippen LogP contribution in [0, 0.1) is 0 Å². The molecule has 1 unspecified atom stereocenters. The topological polar surface area (TPSA) is 109 Å². The Kier molecular flexibility index (Phi) is 4.83. The number of primary amides is 1. The molecule has 0 saturated carbocycles. The minimum absolute atomic E-state index is 0.0443. The van der Waals surface area contributed by atoms with Crippen LogP contribution in [-0.2, 0) is 22.4 Å². The lowest BCUT2D eigenvalue weighted by Gasteiger charge is -2.29. The molecule has 0 aromatic carbocycles. The van der Waals surface area contributed by atoms with Crippen molar-refractivity contribution in [1.82, 2.24) is 9.88 Å². The van der Waals surface area contributed by atoms with Gasteiger partial charge in [-0.1, -0.05) is 6.07 Å². The first-order valence-corrected chi connectivity index (χ1v) is 8.63. The number of hydrogen-bond acceptors (Lipinski definition) is 5. The number of pyridine rings is 1. The molecule has 0 radical (unpaired) electrons. The highest BCUT2D eigenvalue weighted by Crippen LogP contribution is 2.36. The summed E-state index contributed by atoms with van der Waals surface area (Å²) in [5, 5.41) is 13.3. The number of anilines is 1. The third-order valence-corrected chi connectivity index (χ3v) is 5.04. The number of aryl methyl sites for hydroxylation is 2. The van der Waals surface area contributed by atoms with Crippen molar-refractivity contribution >= 4 is 17.6 Å². The summed E-state index contributed by atoms with van der Waals surface area (Å²) in [5.74, 6) is -5.50. The van der Waals surface area contributed by atoms with Crippen LogP contribution >= 0.6 is 0 Å². The summed E-state index contributed by atoms with van der Waals surface area (Å²) in [5.41, 5.74) is 3.95. The molecule has 1 saturated heterocycles. The van der Waals surface area contributed by atoms with E-state index < -0.39 is 30.4 Å². The molecule has 0 aliphatic carbocycles. The van der Waals surface area contributed by atoms with Gasteiger partial charge >= 0.3 is 5.92 Å². The van der Waals surface area contributed by atoms with Crippen LogP contribution in [0.5, 0.6) is 0 Å². The second-order valence-electron chi connectivity index (χ2n) is 6.88. The van der Waals surface area contributed by atoms with Gasteiger partial charge in [-0.3, -0.25) is 9.59 Å². The molecule has 3 rings (SSSR count). The van der Waals surface area contributed by atoms with Crippen molar-refractivity contribution in [3.63, 3.8) is 0 Å². The van der Waals surface area contributed by atoms with Gasteiger partial charge in [0.25, 0.3) is 5.91 Å². The third-order valence-electron chi connectivity index (χ3n) is 5.04. The molecular formula is C17H22F2N4O3. The molecule has 1 fully saturated rings. The second-order valence-corrected chi connectivity index (χ2v) is 6.88. The highest BCUT2D eigenvalue weighted by atomic mass is 19.3. The Bertz CT molecular complexity index is 728. The van der Waals surface area contributed by atoms with Crippen LogP contribution in [0.3, 0.4) is 0 Å². The van der Waals surface area contributed by atoms with Gasteiger partial charge in [-0.05, 0) is 30.9 Å². The van der Waals surface area contributed by atoms with Crippen LogP contribution in [0.2, 0.25) is 0 Å². The summed E-state index contributed by atoms with van der Waals surface area (Å²) in [6, 6.07) is 3.84. The van der Waals surface area contributed by atoms with E-state index in [-0.39, 0.29) is 18.9 Å². The monoisotopic (exact) mass is 368 g/mol. The fourth-order valence-electron chi connectivity index (χ4n) is 3.39. The minimum atomic E-state index is -4.08. The van der Waals surface area contributed by atoms with Crippen LogP contribution < -0.4 is 11.1 Å². The molecule has 1 aromatic rings. The smallest absolute Gasteiger partial charge is 0.353 e. The lowest BCUT2D eigenvalue weighted by molar-refractivity contribution is -0.186. The number of carbonyl (C=O) groups excluding carboxylic acids is 2. The number of aliphatic hydroxyl groups is 1. The van der Waals surface area contributed by atoms with Crippen molar-refractivity contribution in [2.24, 2.45) is 5.73 Å². The number of β-amino-alcohol motifs (C(OH)–C–C–N with tert-alkyl or cyclic N) is 1. The van der Waals surface area contributed by atoms with Crippen molar-refractivity contribution < 1.29 is 23.5 Å². The van der Waals surface area contributed by atoms with Gasteiger partial charge in [-0.25, -0.2) is 4.98 Å². The number of rotatable bonds is 5. The van der Waals surface area contributed by atoms with Gasteiger partial charge in [0, 0.05) is 31.6 Å². The number of alkyl halides is 2. The largest absolute Gasteiger partial charge is 0.381 e. The normalized spacial score (nSPS) is 22.7. The van der Waals surface area contributed by atoms with E-state index in [2.05, 4.69) is 16.0 Å². The lowest BCUT2D eigenvalue weighted by atomic mass is 9.94. The number of aromatic nitrogens is 1. The molecule has 7 nitrogen and oxygen atoms in total. The first-order chi connectivity index (χ1) is 12.2. The molecule has 142 valence electrons. The predicted octanol–water partition coefficient (Wildman–Crippen LogP) is 0.456. The maximum absolute atomic E-state index is 13.8. The van der Waals surface area contributed by atoms with E-state index in [1.807, 2.05) is 12.1 Å². The highest BCUT2D eigenvalue weighted by Gasteiger charge is 2.60. The first-order valence-electron chi connectivity index (χ1n) is 8.63. The summed E-state index contributed by atoms with van der Waals surface area (Å²) in [6.07, 6.45) is 2.09. The van der Waals surface area contributed by atoms with Gasteiger partial charge in [-0.2, -0.15) is 8.78 Å². The number of nitrogens with zero attached hydrogens (tertiary/aromatic N) is 2. The predicted molar refractivity (Wildman–Crippen MR) is 89.7 cm³/mol. The van der Waals surface area contributed by atoms with Gasteiger partial charge in [-0.15, -0.1) is 0 Å². The fraction of sp³-hybridized carbons (Fsp3) is 0.588. The number of hydrogen-bond donors (Lipinski definition) is 3. The zero-order valence-electron chi connectivity index (χ0n) is 14.3. The maximum Gasteiger partial charge on any atom is 0.353 e. The van der Waals surface area contributed by atoms with Gasteiger partial charge < -0.3 is 21.1 Å². The van der Waals surface area contributed by atoms with E-state index >= 15 is 0 Å². The molecule has 0 spiro atoms. The molecule has 2 aliphatic rings. The van der Waals surface area contributed by atoms with Crippen molar-refractivity contribution in [2.45, 2.75) is 43.6 Å². The van der Waals surface area contributed by atoms with Crippen LogP contribution in [0.1, 0.15) is 30.5 Å². The van der Waals surface area contributed by atoms with Crippen molar-refractivity contribution in [2.75, 3.05) is 25.0 Å². The van der Waals surface area contributed by atoms with Gasteiger partial charge in [0.15, 0.2) is 5.60 Å². The van der Waals surface area contributed by atoms with Gasteiger partial charge in [0.2, 0.25) is 5.91 Å². The maximum atomic E-state index is 13.8.